The van der Waals surface area contributed by atoms with E-state index in [0.717, 1.165) is 16.9 Å². The average molecular weight is 333 g/mol. The molecule has 18 heavy (non-hydrogen) atoms. The minimum Gasteiger partial charge on any atom is -0.375 e. The van der Waals surface area contributed by atoms with Gasteiger partial charge in [0.05, 0.1) is 29.5 Å². The second kappa shape index (κ2) is 6.65. The summed E-state index contributed by atoms with van der Waals surface area (Å²) in [6, 6.07) is 4.05. The molecule has 100 valence electrons. The quantitative estimate of drug-likeness (QED) is 0.914. The number of amides is 1. The minimum absolute atomic E-state index is 0.0174. The molecule has 0 spiro atoms. The van der Waals surface area contributed by atoms with Gasteiger partial charge in [0.15, 0.2) is 0 Å². The molecule has 1 atom stereocenters. The van der Waals surface area contributed by atoms with E-state index in [2.05, 4.69) is 21.2 Å². The largest absolute Gasteiger partial charge is 0.375 e. The van der Waals surface area contributed by atoms with Gasteiger partial charge in [0, 0.05) is 25.0 Å². The van der Waals surface area contributed by atoms with Crippen LogP contribution in [0.4, 0.5) is 0 Å². The van der Waals surface area contributed by atoms with Crippen LogP contribution in [0.2, 0.25) is 0 Å². The number of nitrogens with zero attached hydrogens (tertiary/aromatic N) is 1. The molecule has 1 aromatic heterocycles. The molecule has 1 N–H and O–H groups in total. The van der Waals surface area contributed by atoms with Crippen LogP contribution in [0.15, 0.2) is 15.9 Å². The molecule has 0 aliphatic carbocycles. The maximum Gasteiger partial charge on any atom is 0.225 e. The van der Waals surface area contributed by atoms with Crippen LogP contribution in [0.3, 0.4) is 0 Å². The zero-order valence-corrected chi connectivity index (χ0v) is 12.7. The van der Waals surface area contributed by atoms with Gasteiger partial charge >= 0.3 is 0 Å². The first-order valence-corrected chi connectivity index (χ1v) is 7.56. The lowest BCUT2D eigenvalue weighted by atomic mass is 10.2. The van der Waals surface area contributed by atoms with Gasteiger partial charge in [-0.25, -0.2) is 0 Å². The molecule has 0 bridgehead atoms. The molecule has 1 aliphatic rings. The fourth-order valence-corrected chi connectivity index (χ4v) is 3.40. The Balaban J connectivity index is 1.80. The van der Waals surface area contributed by atoms with Crippen LogP contribution in [-0.4, -0.2) is 43.7 Å². The first kappa shape index (κ1) is 14.0. The number of hydrogen-bond donors (Lipinski definition) is 1. The van der Waals surface area contributed by atoms with E-state index in [-0.39, 0.29) is 12.0 Å². The van der Waals surface area contributed by atoms with E-state index < -0.39 is 0 Å². The second-order valence-electron chi connectivity index (χ2n) is 4.36. The lowest BCUT2D eigenvalue weighted by Gasteiger charge is -2.25. The number of carbonyl (C=O) groups excluding carboxylic acids is 1. The summed E-state index contributed by atoms with van der Waals surface area (Å²) in [7, 11) is 1.84. The molecule has 2 rings (SSSR count). The number of hydrogen-bond acceptors (Lipinski definition) is 4. The molecule has 1 fully saturated rings. The highest BCUT2D eigenvalue weighted by molar-refractivity contribution is 9.11. The molecule has 1 aliphatic heterocycles. The van der Waals surface area contributed by atoms with E-state index in [1.165, 1.54) is 4.88 Å². The molecule has 1 aromatic rings. The monoisotopic (exact) mass is 332 g/mol. The van der Waals surface area contributed by atoms with Crippen molar-refractivity contribution in [3.8, 4) is 0 Å². The van der Waals surface area contributed by atoms with Crippen LogP contribution in [0.5, 0.6) is 0 Å². The number of carbonyl (C=O) groups is 1. The van der Waals surface area contributed by atoms with Gasteiger partial charge in [0.1, 0.15) is 0 Å². The van der Waals surface area contributed by atoms with E-state index in [1.54, 1.807) is 16.2 Å². The Morgan fingerprint density at radius 2 is 2.50 bits per heavy atom. The molecule has 6 heteroatoms. The average Bonchev–Trinajstić information content (AvgIpc) is 2.76. The Labute approximate surface area is 119 Å². The van der Waals surface area contributed by atoms with Crippen molar-refractivity contribution < 1.29 is 9.53 Å². The van der Waals surface area contributed by atoms with E-state index in [4.69, 9.17) is 4.74 Å². The number of morpholine rings is 1. The Morgan fingerprint density at radius 3 is 3.11 bits per heavy atom. The van der Waals surface area contributed by atoms with Gasteiger partial charge in [-0.3, -0.25) is 4.79 Å². The summed E-state index contributed by atoms with van der Waals surface area (Å²) in [6.45, 7) is 3.00. The van der Waals surface area contributed by atoms with Crippen molar-refractivity contribution in [3.63, 3.8) is 0 Å². The first-order chi connectivity index (χ1) is 8.65. The Hall–Kier alpha value is -0.430. The Morgan fingerprint density at radius 1 is 1.67 bits per heavy atom. The topological polar surface area (TPSA) is 41.6 Å². The van der Waals surface area contributed by atoms with Crippen molar-refractivity contribution in [3.05, 3.63) is 20.8 Å². The standard InChI is InChI=1S/C12H17BrN2O2S/c1-15(8-10-2-3-11(13)18-10)12(16)6-9-7-14-4-5-17-9/h2-3,9,14H,4-8H2,1H3. The molecule has 0 radical (unpaired) electrons. The zero-order chi connectivity index (χ0) is 13.0. The zero-order valence-electron chi connectivity index (χ0n) is 10.3. The smallest absolute Gasteiger partial charge is 0.225 e. The molecule has 1 saturated heterocycles. The van der Waals surface area contributed by atoms with Crippen molar-refractivity contribution in [1.29, 1.82) is 0 Å². The van der Waals surface area contributed by atoms with Gasteiger partial charge in [0.2, 0.25) is 5.91 Å². The van der Waals surface area contributed by atoms with Crippen LogP contribution in [-0.2, 0) is 16.1 Å². The summed E-state index contributed by atoms with van der Waals surface area (Å²) in [5.41, 5.74) is 0. The Bertz CT molecular complexity index is 405. The van der Waals surface area contributed by atoms with Crippen molar-refractivity contribution in [1.82, 2.24) is 10.2 Å². The maximum atomic E-state index is 12.0. The third-order valence-corrected chi connectivity index (χ3v) is 4.46. The van der Waals surface area contributed by atoms with Crippen molar-refractivity contribution in [2.75, 3.05) is 26.7 Å². The molecule has 1 amide bonds. The summed E-state index contributed by atoms with van der Waals surface area (Å²) in [4.78, 5) is 15.0. The molecular formula is C12H17BrN2O2S. The highest BCUT2D eigenvalue weighted by Gasteiger charge is 2.19. The maximum absolute atomic E-state index is 12.0. The fraction of sp³-hybridized carbons (Fsp3) is 0.583. The summed E-state index contributed by atoms with van der Waals surface area (Å²) in [6.07, 6.45) is 0.472. The van der Waals surface area contributed by atoms with Crippen LogP contribution in [0, 0.1) is 0 Å². The molecule has 1 unspecified atom stereocenters. The van der Waals surface area contributed by atoms with Gasteiger partial charge in [0.25, 0.3) is 0 Å². The van der Waals surface area contributed by atoms with Gasteiger partial charge < -0.3 is 15.0 Å². The summed E-state index contributed by atoms with van der Waals surface area (Å²) in [5.74, 6) is 0.133. The highest BCUT2D eigenvalue weighted by atomic mass is 79.9. The summed E-state index contributed by atoms with van der Waals surface area (Å²) >= 11 is 5.08. The predicted octanol–water partition coefficient (Wildman–Crippen LogP) is 1.85. The fourth-order valence-electron chi connectivity index (χ4n) is 1.86. The Kier molecular flexibility index (Phi) is 5.17. The van der Waals surface area contributed by atoms with E-state index >= 15 is 0 Å². The van der Waals surface area contributed by atoms with Crippen molar-refractivity contribution in [2.24, 2.45) is 0 Å². The van der Waals surface area contributed by atoms with Crippen LogP contribution < -0.4 is 5.32 Å². The van der Waals surface area contributed by atoms with E-state index in [0.29, 0.717) is 19.6 Å². The number of nitrogens with one attached hydrogen (secondary N) is 1. The minimum atomic E-state index is 0.0174. The molecule has 0 aromatic carbocycles. The molecule has 4 nitrogen and oxygen atoms in total. The molecule has 2 heterocycles. The lowest BCUT2D eigenvalue weighted by Crippen LogP contribution is -2.41. The SMILES string of the molecule is CN(Cc1ccc(Br)s1)C(=O)CC1CNCCO1. The lowest BCUT2D eigenvalue weighted by molar-refractivity contribution is -0.133. The first-order valence-electron chi connectivity index (χ1n) is 5.95. The number of thiophene rings is 1. The van der Waals surface area contributed by atoms with E-state index in [9.17, 15) is 4.79 Å². The van der Waals surface area contributed by atoms with Crippen LogP contribution in [0.1, 0.15) is 11.3 Å². The molecule has 0 saturated carbocycles. The number of rotatable bonds is 4. The second-order valence-corrected chi connectivity index (χ2v) is 6.90. The summed E-state index contributed by atoms with van der Waals surface area (Å²) < 4.78 is 6.63. The summed E-state index contributed by atoms with van der Waals surface area (Å²) in [5, 5.41) is 3.23. The predicted molar refractivity (Wildman–Crippen MR) is 75.7 cm³/mol. The van der Waals surface area contributed by atoms with Crippen LogP contribution in [0.25, 0.3) is 0 Å². The van der Waals surface area contributed by atoms with Crippen molar-refractivity contribution >= 4 is 33.2 Å². The highest BCUT2D eigenvalue weighted by Crippen LogP contribution is 2.23. The van der Waals surface area contributed by atoms with Gasteiger partial charge in [-0.15, -0.1) is 11.3 Å². The van der Waals surface area contributed by atoms with Crippen molar-refractivity contribution in [2.45, 2.75) is 19.1 Å². The third kappa shape index (κ3) is 4.05. The normalized spacial score (nSPS) is 19.8. The van der Waals surface area contributed by atoms with Gasteiger partial charge in [-0.05, 0) is 28.1 Å². The van der Waals surface area contributed by atoms with Crippen LogP contribution >= 0.6 is 27.3 Å². The van der Waals surface area contributed by atoms with Gasteiger partial charge in [-0.1, -0.05) is 0 Å². The number of halogens is 1. The van der Waals surface area contributed by atoms with E-state index in [1.807, 2.05) is 19.2 Å². The third-order valence-electron chi connectivity index (χ3n) is 2.85. The number of ether oxygens (including phenoxy) is 1. The van der Waals surface area contributed by atoms with Gasteiger partial charge in [-0.2, -0.15) is 0 Å². The molecular weight excluding hydrogens is 316 g/mol.